The Labute approximate surface area is 157 Å². The molecule has 0 aliphatic carbocycles. The summed E-state index contributed by atoms with van der Waals surface area (Å²) < 4.78 is 9.68. The molecule has 2 rings (SSSR count). The number of allylic oxidation sites excluding steroid dienone is 2. The summed E-state index contributed by atoms with van der Waals surface area (Å²) in [6.45, 7) is 4.19. The van der Waals surface area contributed by atoms with Crippen LogP contribution in [0.2, 0.25) is 0 Å². The molecule has 0 radical (unpaired) electrons. The Morgan fingerprint density at radius 1 is 1.07 bits per heavy atom. The fraction of sp³-hybridized carbons (Fsp3) is 0.250. The summed E-state index contributed by atoms with van der Waals surface area (Å²) in [6, 6.07) is 5.10. The van der Waals surface area contributed by atoms with Crippen LogP contribution in [-0.2, 0) is 19.1 Å². The van der Waals surface area contributed by atoms with Crippen molar-refractivity contribution in [2.75, 3.05) is 25.7 Å². The van der Waals surface area contributed by atoms with Crippen molar-refractivity contribution in [2.45, 2.75) is 13.8 Å². The third-order valence-electron chi connectivity index (χ3n) is 3.95. The van der Waals surface area contributed by atoms with E-state index in [-0.39, 0.29) is 17.2 Å². The number of benzene rings is 1. The van der Waals surface area contributed by atoms with Gasteiger partial charge in [-0.1, -0.05) is 6.08 Å². The second-order valence-electron chi connectivity index (χ2n) is 5.68. The molecule has 0 fully saturated rings. The highest BCUT2D eigenvalue weighted by molar-refractivity contribution is 6.05. The Morgan fingerprint density at radius 2 is 1.78 bits per heavy atom. The van der Waals surface area contributed by atoms with E-state index in [0.717, 1.165) is 5.56 Å². The van der Waals surface area contributed by atoms with Gasteiger partial charge in [-0.2, -0.15) is 0 Å². The van der Waals surface area contributed by atoms with E-state index >= 15 is 0 Å². The smallest absolute Gasteiger partial charge is 0.355 e. The second kappa shape index (κ2) is 8.84. The van der Waals surface area contributed by atoms with E-state index in [9.17, 15) is 14.4 Å². The minimum absolute atomic E-state index is 0.0307. The molecule has 142 valence electrons. The molecule has 1 aromatic carbocycles. The number of ether oxygens (including phenoxy) is 2. The van der Waals surface area contributed by atoms with E-state index in [1.54, 1.807) is 41.5 Å². The summed E-state index contributed by atoms with van der Waals surface area (Å²) >= 11 is 0. The highest BCUT2D eigenvalue weighted by atomic mass is 16.5. The van der Waals surface area contributed by atoms with Crippen LogP contribution in [-0.4, -0.2) is 38.6 Å². The highest BCUT2D eigenvalue weighted by Gasteiger charge is 2.28. The van der Waals surface area contributed by atoms with E-state index in [2.05, 4.69) is 5.32 Å². The van der Waals surface area contributed by atoms with Crippen molar-refractivity contribution in [3.63, 3.8) is 0 Å². The second-order valence-corrected chi connectivity index (χ2v) is 5.68. The van der Waals surface area contributed by atoms with Crippen LogP contribution in [0.25, 0.3) is 0 Å². The van der Waals surface area contributed by atoms with Crippen molar-refractivity contribution in [1.29, 1.82) is 0 Å². The quantitative estimate of drug-likeness (QED) is 0.800. The predicted molar refractivity (Wildman–Crippen MR) is 101 cm³/mol. The molecule has 1 heterocycles. The first kappa shape index (κ1) is 20.0. The van der Waals surface area contributed by atoms with Crippen LogP contribution in [0, 0.1) is 6.92 Å². The molecule has 27 heavy (non-hydrogen) atoms. The lowest BCUT2D eigenvalue weighted by atomic mass is 10.1. The van der Waals surface area contributed by atoms with Crippen LogP contribution in [0.15, 0.2) is 53.9 Å². The van der Waals surface area contributed by atoms with Crippen molar-refractivity contribution < 1.29 is 23.9 Å². The molecule has 0 bridgehead atoms. The number of methoxy groups -OCH3 is 2. The average molecular weight is 370 g/mol. The van der Waals surface area contributed by atoms with Crippen LogP contribution < -0.4 is 10.2 Å². The third kappa shape index (κ3) is 4.25. The number of anilines is 1. The summed E-state index contributed by atoms with van der Waals surface area (Å²) in [4.78, 5) is 38.2. The number of hydrogen-bond donors (Lipinski definition) is 1. The van der Waals surface area contributed by atoms with Gasteiger partial charge in [-0.3, -0.25) is 4.79 Å². The Kier molecular flexibility index (Phi) is 6.54. The van der Waals surface area contributed by atoms with E-state index in [1.807, 2.05) is 13.8 Å². The van der Waals surface area contributed by atoms with Gasteiger partial charge in [-0.25, -0.2) is 9.59 Å². The van der Waals surface area contributed by atoms with Gasteiger partial charge in [-0.05, 0) is 49.8 Å². The number of nitrogens with one attached hydrogen (secondary N) is 1. The molecule has 1 aromatic rings. The van der Waals surface area contributed by atoms with E-state index < -0.39 is 11.9 Å². The molecule has 1 N–H and O–H groups in total. The van der Waals surface area contributed by atoms with Gasteiger partial charge in [0.15, 0.2) is 0 Å². The fourth-order valence-corrected chi connectivity index (χ4v) is 2.68. The maximum atomic E-state index is 12.4. The SMILES string of the molecule is CCNC(=O)c1ccc(N2C=CC=CC(C(=O)OC)=C2C(=O)OC)c(C)c1. The minimum atomic E-state index is -0.682. The fourth-order valence-electron chi connectivity index (χ4n) is 2.68. The van der Waals surface area contributed by atoms with Gasteiger partial charge in [-0.15, -0.1) is 0 Å². The monoisotopic (exact) mass is 370 g/mol. The number of carbonyl (C=O) groups excluding carboxylic acids is 3. The topological polar surface area (TPSA) is 84.9 Å². The van der Waals surface area contributed by atoms with E-state index in [0.29, 0.717) is 17.8 Å². The van der Waals surface area contributed by atoms with Gasteiger partial charge in [0, 0.05) is 24.0 Å². The molecule has 0 spiro atoms. The molecule has 0 saturated heterocycles. The lowest BCUT2D eigenvalue weighted by molar-refractivity contribution is -0.139. The van der Waals surface area contributed by atoms with Crippen molar-refractivity contribution in [3.05, 3.63) is 65.0 Å². The third-order valence-corrected chi connectivity index (χ3v) is 3.95. The molecular formula is C20H22N2O5. The Bertz CT molecular complexity index is 852. The van der Waals surface area contributed by atoms with Gasteiger partial charge in [0.2, 0.25) is 0 Å². The minimum Gasteiger partial charge on any atom is -0.465 e. The maximum Gasteiger partial charge on any atom is 0.355 e. The summed E-state index contributed by atoms with van der Waals surface area (Å²) in [5, 5.41) is 2.74. The Balaban J connectivity index is 2.59. The Morgan fingerprint density at radius 3 is 2.37 bits per heavy atom. The normalized spacial score (nSPS) is 13.3. The summed E-state index contributed by atoms with van der Waals surface area (Å²) in [7, 11) is 2.49. The first-order valence-corrected chi connectivity index (χ1v) is 8.38. The maximum absolute atomic E-state index is 12.4. The number of rotatable bonds is 5. The first-order valence-electron chi connectivity index (χ1n) is 8.38. The molecule has 1 aliphatic rings. The van der Waals surface area contributed by atoms with Crippen molar-refractivity contribution in [3.8, 4) is 0 Å². The number of amides is 1. The Hall–Kier alpha value is -3.35. The molecule has 1 aliphatic heterocycles. The zero-order valence-corrected chi connectivity index (χ0v) is 15.7. The van der Waals surface area contributed by atoms with Crippen LogP contribution in [0.1, 0.15) is 22.8 Å². The van der Waals surface area contributed by atoms with Gasteiger partial charge < -0.3 is 19.7 Å². The lowest BCUT2D eigenvalue weighted by Crippen LogP contribution is -2.28. The zero-order valence-electron chi connectivity index (χ0n) is 15.7. The van der Waals surface area contributed by atoms with E-state index in [4.69, 9.17) is 9.47 Å². The van der Waals surface area contributed by atoms with Gasteiger partial charge in [0.05, 0.1) is 19.8 Å². The summed E-state index contributed by atoms with van der Waals surface area (Å²) in [6.07, 6.45) is 6.46. The molecule has 1 amide bonds. The van der Waals surface area contributed by atoms with Gasteiger partial charge in [0.1, 0.15) is 5.70 Å². The molecule has 7 heteroatoms. The lowest BCUT2D eigenvalue weighted by Gasteiger charge is -2.25. The summed E-state index contributed by atoms with van der Waals surface area (Å²) in [5.74, 6) is -1.52. The number of aryl methyl sites for hydroxylation is 1. The molecular weight excluding hydrogens is 348 g/mol. The van der Waals surface area contributed by atoms with Crippen molar-refractivity contribution >= 4 is 23.5 Å². The van der Waals surface area contributed by atoms with Crippen LogP contribution in [0.3, 0.4) is 0 Å². The zero-order chi connectivity index (χ0) is 20.0. The predicted octanol–water partition coefficient (Wildman–Crippen LogP) is 2.23. The largest absolute Gasteiger partial charge is 0.465 e. The molecule has 0 aromatic heterocycles. The van der Waals surface area contributed by atoms with Crippen LogP contribution in [0.5, 0.6) is 0 Å². The summed E-state index contributed by atoms with van der Waals surface area (Å²) in [5.41, 5.74) is 1.98. The average Bonchev–Trinajstić information content (AvgIpc) is 2.89. The van der Waals surface area contributed by atoms with Crippen molar-refractivity contribution in [2.24, 2.45) is 0 Å². The molecule has 0 saturated carbocycles. The number of carbonyl (C=O) groups is 3. The standard InChI is InChI=1S/C20H22N2O5/c1-5-21-18(23)14-9-10-16(13(2)12-14)22-11-7-6-8-15(19(24)26-3)17(22)20(25)27-4/h6-12H,5H2,1-4H3,(H,21,23). The van der Waals surface area contributed by atoms with Gasteiger partial charge in [0.25, 0.3) is 5.91 Å². The van der Waals surface area contributed by atoms with Crippen LogP contribution >= 0.6 is 0 Å². The first-order chi connectivity index (χ1) is 12.9. The molecule has 0 unspecified atom stereocenters. The number of nitrogens with zero attached hydrogens (tertiary/aromatic N) is 1. The number of esters is 2. The van der Waals surface area contributed by atoms with Crippen molar-refractivity contribution in [1.82, 2.24) is 5.32 Å². The molecule has 0 atom stereocenters. The molecule has 7 nitrogen and oxygen atoms in total. The highest BCUT2D eigenvalue weighted by Crippen LogP contribution is 2.29. The van der Waals surface area contributed by atoms with Gasteiger partial charge >= 0.3 is 11.9 Å². The van der Waals surface area contributed by atoms with Crippen LogP contribution in [0.4, 0.5) is 5.69 Å². The number of hydrogen-bond acceptors (Lipinski definition) is 6. The van der Waals surface area contributed by atoms with E-state index in [1.165, 1.54) is 20.3 Å².